The molecule has 0 aliphatic rings. The molecule has 0 saturated heterocycles. The highest BCUT2D eigenvalue weighted by atomic mass is 32.2. The lowest BCUT2D eigenvalue weighted by molar-refractivity contribution is -0.123. The Hall–Kier alpha value is -2.38. The Morgan fingerprint density at radius 1 is 1.20 bits per heavy atom. The molecule has 0 atom stereocenters. The van der Waals surface area contributed by atoms with Gasteiger partial charge in [-0.05, 0) is 31.2 Å². The lowest BCUT2D eigenvalue weighted by atomic mass is 10.3. The monoisotopic (exact) mass is 371 g/mol. The molecule has 0 radical (unpaired) electrons. The van der Waals surface area contributed by atoms with E-state index in [2.05, 4.69) is 21.6 Å². The van der Waals surface area contributed by atoms with Gasteiger partial charge < -0.3 is 4.74 Å². The summed E-state index contributed by atoms with van der Waals surface area (Å²) in [6, 6.07) is 17.3. The van der Waals surface area contributed by atoms with E-state index in [0.29, 0.717) is 11.5 Å². The molecule has 128 valence electrons. The largest absolute Gasteiger partial charge is 0.484 e. The number of ether oxygens (including phenoxy) is 1. The van der Waals surface area contributed by atoms with Crippen LogP contribution in [0.2, 0.25) is 0 Å². The van der Waals surface area contributed by atoms with Crippen LogP contribution in [0, 0.1) is 0 Å². The fourth-order valence-corrected chi connectivity index (χ4v) is 3.91. The van der Waals surface area contributed by atoms with Crippen LogP contribution < -0.4 is 10.2 Å². The first kappa shape index (κ1) is 17.4. The van der Waals surface area contributed by atoms with Crippen LogP contribution in [0.4, 0.5) is 0 Å². The maximum absolute atomic E-state index is 11.8. The molecule has 7 heteroatoms. The minimum atomic E-state index is -0.284. The summed E-state index contributed by atoms with van der Waals surface area (Å²) in [4.78, 5) is 16.3. The van der Waals surface area contributed by atoms with Crippen LogP contribution in [0.15, 0.2) is 64.0 Å². The van der Waals surface area contributed by atoms with Crippen LogP contribution in [0.25, 0.3) is 10.2 Å². The summed E-state index contributed by atoms with van der Waals surface area (Å²) in [5.74, 6) is 1.04. The summed E-state index contributed by atoms with van der Waals surface area (Å²) in [5.41, 5.74) is 4.34. The zero-order valence-corrected chi connectivity index (χ0v) is 15.3. The molecule has 1 aromatic heterocycles. The average Bonchev–Trinajstić information content (AvgIpc) is 3.07. The molecule has 2 aromatic carbocycles. The van der Waals surface area contributed by atoms with Gasteiger partial charge in [0.05, 0.1) is 10.2 Å². The predicted molar refractivity (Wildman–Crippen MR) is 104 cm³/mol. The van der Waals surface area contributed by atoms with Crippen molar-refractivity contribution in [3.8, 4) is 5.75 Å². The van der Waals surface area contributed by atoms with Crippen molar-refractivity contribution in [1.29, 1.82) is 0 Å². The molecule has 3 rings (SSSR count). The average molecular weight is 371 g/mol. The van der Waals surface area contributed by atoms with Crippen LogP contribution in [0.3, 0.4) is 0 Å². The predicted octanol–water partition coefficient (Wildman–Crippen LogP) is 3.96. The topological polar surface area (TPSA) is 63.6 Å². The first-order valence-corrected chi connectivity index (χ1v) is 9.49. The van der Waals surface area contributed by atoms with E-state index in [1.807, 2.05) is 43.3 Å². The highest BCUT2D eigenvalue weighted by Gasteiger charge is 2.05. The van der Waals surface area contributed by atoms with Crippen molar-refractivity contribution in [2.24, 2.45) is 5.10 Å². The Labute approximate surface area is 154 Å². The fourth-order valence-electron chi connectivity index (χ4n) is 1.97. The van der Waals surface area contributed by atoms with Crippen LogP contribution in [0.1, 0.15) is 6.92 Å². The maximum Gasteiger partial charge on any atom is 0.277 e. The summed E-state index contributed by atoms with van der Waals surface area (Å²) in [7, 11) is 0. The third-order valence-corrected chi connectivity index (χ3v) is 5.50. The van der Waals surface area contributed by atoms with Gasteiger partial charge in [-0.2, -0.15) is 5.10 Å². The van der Waals surface area contributed by atoms with E-state index in [9.17, 15) is 4.79 Å². The van der Waals surface area contributed by atoms with Crippen LogP contribution in [0.5, 0.6) is 5.75 Å². The molecule has 0 unspecified atom stereocenters. The molecule has 1 amide bonds. The molecule has 0 aliphatic heterocycles. The third-order valence-electron chi connectivity index (χ3n) is 3.16. The van der Waals surface area contributed by atoms with Gasteiger partial charge in [0, 0.05) is 11.5 Å². The number of amides is 1. The van der Waals surface area contributed by atoms with E-state index >= 15 is 0 Å². The number of carbonyl (C=O) groups is 1. The first-order valence-electron chi connectivity index (χ1n) is 7.69. The zero-order chi connectivity index (χ0) is 17.5. The summed E-state index contributed by atoms with van der Waals surface area (Å²) in [5, 5.41) is 4.10. The number of hydrazone groups is 1. The highest BCUT2D eigenvalue weighted by Crippen LogP contribution is 2.29. The molecule has 0 bridgehead atoms. The van der Waals surface area contributed by atoms with Crippen molar-refractivity contribution in [2.45, 2.75) is 11.3 Å². The van der Waals surface area contributed by atoms with E-state index in [1.165, 1.54) is 4.70 Å². The Kier molecular flexibility index (Phi) is 6.03. The van der Waals surface area contributed by atoms with Crippen molar-refractivity contribution in [1.82, 2.24) is 10.4 Å². The minimum absolute atomic E-state index is 0.0637. The van der Waals surface area contributed by atoms with Gasteiger partial charge in [-0.25, -0.2) is 10.4 Å². The van der Waals surface area contributed by atoms with E-state index < -0.39 is 0 Å². The number of fused-ring (bicyclic) bond motifs is 1. The second-order valence-corrected chi connectivity index (χ2v) is 7.47. The van der Waals surface area contributed by atoms with Crippen molar-refractivity contribution >= 4 is 44.9 Å². The molecular formula is C18H17N3O2S2. The number of hydrogen-bond donors (Lipinski definition) is 1. The van der Waals surface area contributed by atoms with E-state index in [0.717, 1.165) is 15.6 Å². The number of rotatable bonds is 7. The van der Waals surface area contributed by atoms with Crippen LogP contribution in [-0.4, -0.2) is 29.0 Å². The SMILES string of the molecule is CC(CSc1nc2ccccc2s1)=NNC(=O)COc1ccccc1. The molecule has 5 nitrogen and oxygen atoms in total. The second-order valence-electron chi connectivity index (χ2n) is 5.22. The zero-order valence-electron chi connectivity index (χ0n) is 13.6. The summed E-state index contributed by atoms with van der Waals surface area (Å²) in [6.07, 6.45) is 0. The number of thiazole rings is 1. The summed E-state index contributed by atoms with van der Waals surface area (Å²) < 4.78 is 7.54. The number of nitrogens with zero attached hydrogens (tertiary/aromatic N) is 2. The maximum atomic E-state index is 11.8. The number of thioether (sulfide) groups is 1. The summed E-state index contributed by atoms with van der Waals surface area (Å²) >= 11 is 3.27. The van der Waals surface area contributed by atoms with Gasteiger partial charge >= 0.3 is 0 Å². The van der Waals surface area contributed by atoms with Crippen molar-refractivity contribution in [2.75, 3.05) is 12.4 Å². The number of benzene rings is 2. The van der Waals surface area contributed by atoms with Gasteiger partial charge in [0.2, 0.25) is 0 Å². The molecule has 0 fully saturated rings. The van der Waals surface area contributed by atoms with Crippen LogP contribution >= 0.6 is 23.1 Å². The molecule has 0 spiro atoms. The van der Waals surface area contributed by atoms with E-state index in [4.69, 9.17) is 4.74 Å². The van der Waals surface area contributed by atoms with Gasteiger partial charge in [0.1, 0.15) is 5.75 Å². The second kappa shape index (κ2) is 8.64. The Balaban J connectivity index is 1.44. The van der Waals surface area contributed by atoms with Gasteiger partial charge in [-0.3, -0.25) is 4.79 Å². The Morgan fingerprint density at radius 3 is 2.76 bits per heavy atom. The summed E-state index contributed by atoms with van der Waals surface area (Å²) in [6.45, 7) is 1.81. The molecular weight excluding hydrogens is 354 g/mol. The standard InChI is InChI=1S/C18H17N3O2S2/c1-13(12-24-18-19-15-9-5-6-10-16(15)25-18)20-21-17(22)11-23-14-7-3-2-4-8-14/h2-10H,11-12H2,1H3,(H,21,22). The molecule has 25 heavy (non-hydrogen) atoms. The fraction of sp³-hybridized carbons (Fsp3) is 0.167. The normalized spacial score (nSPS) is 11.5. The number of carbonyl (C=O) groups excluding carboxylic acids is 1. The lowest BCUT2D eigenvalue weighted by Crippen LogP contribution is -2.25. The minimum Gasteiger partial charge on any atom is -0.484 e. The molecule has 3 aromatic rings. The van der Waals surface area contributed by atoms with Gasteiger partial charge in [0.25, 0.3) is 5.91 Å². The number of hydrogen-bond acceptors (Lipinski definition) is 6. The van der Waals surface area contributed by atoms with Crippen molar-refractivity contribution in [3.05, 3.63) is 54.6 Å². The molecule has 0 saturated carbocycles. The quantitative estimate of drug-likeness (QED) is 0.388. The third kappa shape index (κ3) is 5.30. The number of aromatic nitrogens is 1. The van der Waals surface area contributed by atoms with Gasteiger partial charge in [-0.15, -0.1) is 11.3 Å². The number of para-hydroxylation sites is 2. The molecule has 0 aliphatic carbocycles. The highest BCUT2D eigenvalue weighted by molar-refractivity contribution is 8.01. The lowest BCUT2D eigenvalue weighted by Gasteiger charge is -2.05. The van der Waals surface area contributed by atoms with Crippen molar-refractivity contribution < 1.29 is 9.53 Å². The van der Waals surface area contributed by atoms with E-state index in [1.54, 1.807) is 35.2 Å². The molecule has 1 heterocycles. The first-order chi connectivity index (χ1) is 12.2. The van der Waals surface area contributed by atoms with Crippen molar-refractivity contribution in [3.63, 3.8) is 0 Å². The Morgan fingerprint density at radius 2 is 1.96 bits per heavy atom. The number of nitrogens with one attached hydrogen (secondary N) is 1. The van der Waals surface area contributed by atoms with Crippen LogP contribution in [-0.2, 0) is 4.79 Å². The van der Waals surface area contributed by atoms with Gasteiger partial charge in [0.15, 0.2) is 10.9 Å². The Bertz CT molecular complexity index is 845. The van der Waals surface area contributed by atoms with E-state index in [-0.39, 0.29) is 12.5 Å². The smallest absolute Gasteiger partial charge is 0.277 e. The van der Waals surface area contributed by atoms with Gasteiger partial charge in [-0.1, -0.05) is 42.1 Å². The molecule has 1 N–H and O–H groups in total.